The molecule has 2 nitrogen and oxygen atoms in total. The molecule has 11 aromatic rings. The highest BCUT2D eigenvalue weighted by molar-refractivity contribution is 6.08. The summed E-state index contributed by atoms with van der Waals surface area (Å²) in [7, 11) is 0. The van der Waals surface area contributed by atoms with E-state index in [0.717, 1.165) is 39.0 Å². The summed E-state index contributed by atoms with van der Waals surface area (Å²) in [6.07, 6.45) is 0. The van der Waals surface area contributed by atoms with Gasteiger partial charge in [0.15, 0.2) is 0 Å². The zero-order valence-corrected chi connectivity index (χ0v) is 34.4. The average Bonchev–Trinajstić information content (AvgIpc) is 3.87. The highest BCUT2D eigenvalue weighted by Crippen LogP contribution is 2.58. The maximum Gasteiger partial charge on any atom is 0.135 e. The molecule has 0 fully saturated rings. The van der Waals surface area contributed by atoms with Crippen LogP contribution in [0.5, 0.6) is 0 Å². The van der Waals surface area contributed by atoms with Crippen molar-refractivity contribution < 1.29 is 4.42 Å². The van der Waals surface area contributed by atoms with Crippen molar-refractivity contribution in [3.8, 4) is 55.6 Å². The number of hydrogen-bond donors (Lipinski definition) is 0. The highest BCUT2D eigenvalue weighted by atomic mass is 16.3. The molecular formula is C61H39NO. The van der Waals surface area contributed by atoms with Crippen molar-refractivity contribution in [2.24, 2.45) is 0 Å². The van der Waals surface area contributed by atoms with Gasteiger partial charge in [-0.1, -0.05) is 188 Å². The summed E-state index contributed by atoms with van der Waals surface area (Å²) in [6, 6.07) is 86.9. The first kappa shape index (κ1) is 35.5. The van der Waals surface area contributed by atoms with Crippen LogP contribution in [0, 0.1) is 0 Å². The van der Waals surface area contributed by atoms with E-state index in [0.29, 0.717) is 0 Å². The molecule has 1 heterocycles. The van der Waals surface area contributed by atoms with Crippen LogP contribution in [0.2, 0.25) is 0 Å². The van der Waals surface area contributed by atoms with Crippen molar-refractivity contribution in [1.29, 1.82) is 0 Å². The van der Waals surface area contributed by atoms with Crippen molar-refractivity contribution in [3.05, 3.63) is 259 Å². The third-order valence-corrected chi connectivity index (χ3v) is 13.5. The van der Waals surface area contributed by atoms with Gasteiger partial charge in [0, 0.05) is 27.8 Å². The molecule has 0 amide bonds. The molecule has 13 rings (SSSR count). The molecule has 0 saturated carbocycles. The summed E-state index contributed by atoms with van der Waals surface area (Å²) in [5, 5.41) is 2.19. The van der Waals surface area contributed by atoms with Crippen molar-refractivity contribution >= 4 is 39.0 Å². The molecule has 2 aliphatic carbocycles. The van der Waals surface area contributed by atoms with E-state index in [1.54, 1.807) is 0 Å². The lowest BCUT2D eigenvalue weighted by molar-refractivity contribution is 0.669. The molecule has 1 aromatic heterocycles. The van der Waals surface area contributed by atoms with Gasteiger partial charge in [0.2, 0.25) is 0 Å². The standard InChI is InChI=1S/C61H39NO/c1-3-17-40(18-4-1)61(41-19-5-2-6-20-41)57-29-15-13-27-52(57)53-35-32-44(39-58(53)61)62(43-33-36-60-56(38-43)54-28-14-16-30-59(54)63-60)42-31-34-51-49-25-10-9-23-47(49)45-21-7-8-22-46(45)48-24-11-12-26-50(48)55(51)37-42/h1-39H. The Hall–Kier alpha value is -8.20. The molecule has 2 heteroatoms. The molecule has 0 unspecified atom stereocenters. The largest absolute Gasteiger partial charge is 0.456 e. The smallest absolute Gasteiger partial charge is 0.135 e. The minimum Gasteiger partial charge on any atom is -0.456 e. The fraction of sp³-hybridized carbons (Fsp3) is 0.0164. The summed E-state index contributed by atoms with van der Waals surface area (Å²) in [5.41, 5.74) is 21.8. The first-order chi connectivity index (χ1) is 31.3. The Morgan fingerprint density at radius 2 is 0.683 bits per heavy atom. The summed E-state index contributed by atoms with van der Waals surface area (Å²) >= 11 is 0. The van der Waals surface area contributed by atoms with Gasteiger partial charge in [0.25, 0.3) is 0 Å². The Morgan fingerprint density at radius 3 is 1.30 bits per heavy atom. The molecule has 0 spiro atoms. The van der Waals surface area contributed by atoms with Gasteiger partial charge in [-0.15, -0.1) is 0 Å². The fourth-order valence-corrected chi connectivity index (χ4v) is 10.9. The number of benzene rings is 10. The number of furan rings is 1. The molecule has 294 valence electrons. The summed E-state index contributed by atoms with van der Waals surface area (Å²) in [5.74, 6) is 0. The second-order valence-electron chi connectivity index (χ2n) is 16.7. The molecule has 0 bridgehead atoms. The quantitative estimate of drug-likeness (QED) is 0.172. The zero-order valence-electron chi connectivity index (χ0n) is 34.4. The van der Waals surface area contributed by atoms with Gasteiger partial charge >= 0.3 is 0 Å². The number of rotatable bonds is 5. The Balaban J connectivity index is 1.10. The van der Waals surface area contributed by atoms with Crippen LogP contribution < -0.4 is 4.90 Å². The van der Waals surface area contributed by atoms with E-state index in [2.05, 4.69) is 235 Å². The van der Waals surface area contributed by atoms with Crippen molar-refractivity contribution in [1.82, 2.24) is 0 Å². The van der Waals surface area contributed by atoms with Crippen LogP contribution in [0.1, 0.15) is 22.3 Å². The number of fused-ring (bicyclic) bond motifs is 14. The summed E-state index contributed by atoms with van der Waals surface area (Å²) < 4.78 is 6.40. The van der Waals surface area contributed by atoms with Crippen molar-refractivity contribution in [3.63, 3.8) is 0 Å². The Labute approximate surface area is 366 Å². The van der Waals surface area contributed by atoms with Gasteiger partial charge in [-0.3, -0.25) is 0 Å². The SMILES string of the molecule is c1ccc(C2(c3ccccc3)c3ccccc3-c3ccc(N(c4ccc5c(c4)-c4ccccc4-c4ccccc4-c4ccccc4-5)c4ccc5oc6ccccc6c5c4)cc32)cc1. The second-order valence-corrected chi connectivity index (χ2v) is 16.7. The Kier molecular flexibility index (Phi) is 7.85. The van der Waals surface area contributed by atoms with E-state index in [4.69, 9.17) is 4.42 Å². The van der Waals surface area contributed by atoms with Gasteiger partial charge in [-0.2, -0.15) is 0 Å². The topological polar surface area (TPSA) is 16.4 Å². The Morgan fingerprint density at radius 1 is 0.270 bits per heavy atom. The molecule has 0 aliphatic heterocycles. The average molecular weight is 802 g/mol. The van der Waals surface area contributed by atoms with Crippen LogP contribution in [0.25, 0.3) is 77.6 Å². The van der Waals surface area contributed by atoms with Crippen LogP contribution in [-0.4, -0.2) is 0 Å². The van der Waals surface area contributed by atoms with Crippen LogP contribution in [0.4, 0.5) is 17.1 Å². The molecular weight excluding hydrogens is 763 g/mol. The normalized spacial score (nSPS) is 12.9. The number of anilines is 3. The minimum atomic E-state index is -0.539. The van der Waals surface area contributed by atoms with E-state index < -0.39 is 5.41 Å². The number of nitrogens with zero attached hydrogens (tertiary/aromatic N) is 1. The van der Waals surface area contributed by atoms with E-state index in [9.17, 15) is 0 Å². The van der Waals surface area contributed by atoms with Gasteiger partial charge < -0.3 is 9.32 Å². The van der Waals surface area contributed by atoms with Gasteiger partial charge in [0.05, 0.1) is 5.41 Å². The lowest BCUT2D eigenvalue weighted by Gasteiger charge is -2.35. The van der Waals surface area contributed by atoms with Gasteiger partial charge in [0.1, 0.15) is 11.2 Å². The monoisotopic (exact) mass is 801 g/mol. The molecule has 2 aliphatic rings. The van der Waals surface area contributed by atoms with E-state index >= 15 is 0 Å². The molecule has 10 aromatic carbocycles. The maximum absolute atomic E-state index is 6.40. The van der Waals surface area contributed by atoms with Gasteiger partial charge in [-0.05, 0) is 126 Å². The number of hydrogen-bond acceptors (Lipinski definition) is 2. The predicted octanol–water partition coefficient (Wildman–Crippen LogP) is 16.4. The third-order valence-electron chi connectivity index (χ3n) is 13.5. The molecule has 0 radical (unpaired) electrons. The first-order valence-electron chi connectivity index (χ1n) is 21.8. The summed E-state index contributed by atoms with van der Waals surface area (Å²) in [6.45, 7) is 0. The molecule has 0 saturated heterocycles. The van der Waals surface area contributed by atoms with E-state index in [1.807, 2.05) is 6.07 Å². The van der Waals surface area contributed by atoms with Crippen LogP contribution in [-0.2, 0) is 5.41 Å². The molecule has 63 heavy (non-hydrogen) atoms. The van der Waals surface area contributed by atoms with Crippen LogP contribution >= 0.6 is 0 Å². The van der Waals surface area contributed by atoms with Gasteiger partial charge in [-0.25, -0.2) is 0 Å². The third kappa shape index (κ3) is 5.25. The van der Waals surface area contributed by atoms with Crippen LogP contribution in [0.15, 0.2) is 241 Å². The van der Waals surface area contributed by atoms with Crippen molar-refractivity contribution in [2.75, 3.05) is 4.90 Å². The van der Waals surface area contributed by atoms with E-state index in [1.165, 1.54) is 77.9 Å². The number of para-hydroxylation sites is 1. The first-order valence-corrected chi connectivity index (χ1v) is 21.8. The fourth-order valence-electron chi connectivity index (χ4n) is 10.9. The predicted molar refractivity (Wildman–Crippen MR) is 261 cm³/mol. The Bertz CT molecular complexity index is 3540. The summed E-state index contributed by atoms with van der Waals surface area (Å²) in [4.78, 5) is 2.45. The molecule has 0 N–H and O–H groups in total. The minimum absolute atomic E-state index is 0.539. The van der Waals surface area contributed by atoms with Crippen molar-refractivity contribution in [2.45, 2.75) is 5.41 Å². The van der Waals surface area contributed by atoms with Crippen LogP contribution in [0.3, 0.4) is 0 Å². The maximum atomic E-state index is 6.40. The second kappa shape index (κ2) is 13.9. The lowest BCUT2D eigenvalue weighted by atomic mass is 9.67. The molecule has 0 atom stereocenters. The van der Waals surface area contributed by atoms with E-state index in [-0.39, 0.29) is 0 Å². The highest BCUT2D eigenvalue weighted by Gasteiger charge is 2.46. The zero-order chi connectivity index (χ0) is 41.5. The lowest BCUT2D eigenvalue weighted by Crippen LogP contribution is -2.28.